The molecule has 3 aromatic rings. The molecule has 3 aliphatic heterocycles. The fourth-order valence-corrected chi connectivity index (χ4v) is 6.02. The van der Waals surface area contributed by atoms with Crippen LogP contribution in [0.1, 0.15) is 75.4 Å². The van der Waals surface area contributed by atoms with Crippen LogP contribution in [0.3, 0.4) is 0 Å². The summed E-state index contributed by atoms with van der Waals surface area (Å²) in [7, 11) is 1.68. The number of anilines is 2. The molecule has 0 spiro atoms. The van der Waals surface area contributed by atoms with Crippen molar-refractivity contribution in [1.82, 2.24) is 29.6 Å². The van der Waals surface area contributed by atoms with Crippen LogP contribution in [0.15, 0.2) is 24.3 Å². The molecule has 12 heteroatoms. The van der Waals surface area contributed by atoms with E-state index in [-0.39, 0.29) is 30.6 Å². The molecule has 1 fully saturated rings. The van der Waals surface area contributed by atoms with Crippen LogP contribution in [0.25, 0.3) is 11.5 Å². The number of morpholine rings is 1. The van der Waals surface area contributed by atoms with E-state index in [0.717, 1.165) is 24.2 Å². The van der Waals surface area contributed by atoms with E-state index in [0.29, 0.717) is 54.2 Å². The van der Waals surface area contributed by atoms with Crippen molar-refractivity contribution in [1.29, 1.82) is 0 Å². The summed E-state index contributed by atoms with van der Waals surface area (Å²) in [6.07, 6.45) is 1.41. The first kappa shape index (κ1) is 29.0. The Morgan fingerprint density at radius 1 is 1.19 bits per heavy atom. The molecule has 12 nitrogen and oxygen atoms in total. The lowest BCUT2D eigenvalue weighted by atomic mass is 10.0. The van der Waals surface area contributed by atoms with E-state index in [9.17, 15) is 9.59 Å². The first-order chi connectivity index (χ1) is 20.3. The number of pyridine rings is 2. The van der Waals surface area contributed by atoms with E-state index < -0.39 is 11.7 Å². The quantitative estimate of drug-likeness (QED) is 0.433. The molecule has 1 atom stereocenters. The van der Waals surface area contributed by atoms with Crippen LogP contribution in [0.4, 0.5) is 16.4 Å². The molecule has 6 rings (SSSR count). The zero-order valence-electron chi connectivity index (χ0n) is 26.0. The number of amides is 2. The van der Waals surface area contributed by atoms with Gasteiger partial charge in [0.05, 0.1) is 43.6 Å². The van der Waals surface area contributed by atoms with Crippen LogP contribution in [0, 0.1) is 0 Å². The van der Waals surface area contributed by atoms with Crippen LogP contribution in [0.5, 0.6) is 0 Å². The second-order valence-corrected chi connectivity index (χ2v) is 13.3. The Morgan fingerprint density at radius 3 is 2.72 bits per heavy atom. The van der Waals surface area contributed by atoms with Gasteiger partial charge in [0.1, 0.15) is 28.8 Å². The molecule has 2 amide bonds. The molecule has 6 heterocycles. The van der Waals surface area contributed by atoms with Gasteiger partial charge in [0.25, 0.3) is 5.91 Å². The summed E-state index contributed by atoms with van der Waals surface area (Å²) in [5.41, 5.74) is 1.92. The molecular formula is C31H40N8O4. The second-order valence-electron chi connectivity index (χ2n) is 13.3. The maximum Gasteiger partial charge on any atom is 0.410 e. The van der Waals surface area contributed by atoms with Gasteiger partial charge in [-0.25, -0.2) is 14.8 Å². The van der Waals surface area contributed by atoms with Gasteiger partial charge in [-0.3, -0.25) is 9.69 Å². The van der Waals surface area contributed by atoms with Gasteiger partial charge in [0.15, 0.2) is 5.82 Å². The van der Waals surface area contributed by atoms with Crippen molar-refractivity contribution in [3.8, 4) is 11.5 Å². The molecule has 0 aliphatic carbocycles. The highest BCUT2D eigenvalue weighted by Crippen LogP contribution is 2.37. The number of carbonyl (C=O) groups is 2. The normalized spacial score (nSPS) is 19.4. The minimum atomic E-state index is -0.630. The van der Waals surface area contributed by atoms with Gasteiger partial charge in [-0.15, -0.1) is 10.2 Å². The Balaban J connectivity index is 1.35. The lowest BCUT2D eigenvalue weighted by molar-refractivity contribution is 0.0282. The van der Waals surface area contributed by atoms with Gasteiger partial charge in [-0.1, -0.05) is 6.07 Å². The fourth-order valence-electron chi connectivity index (χ4n) is 6.02. The lowest BCUT2D eigenvalue weighted by Gasteiger charge is -2.35. The smallest absolute Gasteiger partial charge is 0.410 e. The third-order valence-corrected chi connectivity index (χ3v) is 8.28. The number of nitrogens with zero attached hydrogens (tertiary/aromatic N) is 8. The number of carbonyl (C=O) groups excluding carboxylic acids is 2. The number of fused-ring (bicyclic) bond motifs is 2. The van der Waals surface area contributed by atoms with Gasteiger partial charge in [0.2, 0.25) is 0 Å². The maximum atomic E-state index is 14.0. The molecule has 0 aromatic carbocycles. The van der Waals surface area contributed by atoms with Crippen LogP contribution < -0.4 is 9.80 Å². The van der Waals surface area contributed by atoms with Crippen molar-refractivity contribution in [3.63, 3.8) is 0 Å². The molecule has 0 radical (unpaired) electrons. The van der Waals surface area contributed by atoms with Crippen LogP contribution in [-0.4, -0.2) is 80.1 Å². The first-order valence-electron chi connectivity index (χ1n) is 14.9. The van der Waals surface area contributed by atoms with Crippen LogP contribution >= 0.6 is 0 Å². The molecule has 0 bridgehead atoms. The largest absolute Gasteiger partial charge is 0.444 e. The average molecular weight is 589 g/mol. The lowest BCUT2D eigenvalue weighted by Crippen LogP contribution is -2.44. The monoisotopic (exact) mass is 588 g/mol. The number of hydrogen-bond acceptors (Lipinski definition) is 9. The summed E-state index contributed by atoms with van der Waals surface area (Å²) in [6, 6.07) is 7.60. The standard InChI is InChI=1S/C31H40N8O4/c1-19-18-42-14-13-37(19)26-15-20-21(23(33-26)17-36(7)29(41)43-30(2,3)4)16-38(28(20)40)24-10-8-9-22(32-24)27-35-34-25-11-12-31(5,6)39(25)27/h8-10,15,19H,11-14,16-18H2,1-7H3/t19-/m1/s1. The molecular weight excluding hydrogens is 548 g/mol. The molecule has 0 saturated carbocycles. The Bertz CT molecular complexity index is 1580. The summed E-state index contributed by atoms with van der Waals surface area (Å²) >= 11 is 0. The minimum Gasteiger partial charge on any atom is -0.444 e. The highest BCUT2D eigenvalue weighted by molar-refractivity contribution is 6.10. The maximum absolute atomic E-state index is 14.0. The Morgan fingerprint density at radius 2 is 1.98 bits per heavy atom. The summed E-state index contributed by atoms with van der Waals surface area (Å²) in [4.78, 5) is 42.2. The molecule has 0 unspecified atom stereocenters. The van der Waals surface area contributed by atoms with Crippen molar-refractivity contribution < 1.29 is 19.1 Å². The number of ether oxygens (including phenoxy) is 2. The molecule has 1 saturated heterocycles. The predicted molar refractivity (Wildman–Crippen MR) is 161 cm³/mol. The van der Waals surface area contributed by atoms with E-state index in [1.54, 1.807) is 11.9 Å². The molecule has 43 heavy (non-hydrogen) atoms. The van der Waals surface area contributed by atoms with Gasteiger partial charge < -0.3 is 23.8 Å². The number of aromatic nitrogens is 5. The van der Waals surface area contributed by atoms with Crippen LogP contribution in [0.2, 0.25) is 0 Å². The number of aryl methyl sites for hydroxylation is 1. The van der Waals surface area contributed by atoms with E-state index in [4.69, 9.17) is 19.4 Å². The van der Waals surface area contributed by atoms with Crippen molar-refractivity contribution in [2.45, 2.75) is 84.7 Å². The third-order valence-electron chi connectivity index (χ3n) is 8.28. The van der Waals surface area contributed by atoms with E-state index in [1.807, 2.05) is 45.0 Å². The molecule has 228 valence electrons. The van der Waals surface area contributed by atoms with Crippen molar-refractivity contribution in [2.24, 2.45) is 0 Å². The third kappa shape index (κ3) is 5.44. The fraction of sp³-hybridized carbons (Fsp3) is 0.548. The first-order valence-corrected chi connectivity index (χ1v) is 14.9. The van der Waals surface area contributed by atoms with Crippen molar-refractivity contribution in [2.75, 3.05) is 36.6 Å². The van der Waals surface area contributed by atoms with Crippen molar-refractivity contribution in [3.05, 3.63) is 46.9 Å². The summed E-state index contributed by atoms with van der Waals surface area (Å²) < 4.78 is 13.4. The van der Waals surface area contributed by atoms with Gasteiger partial charge in [0, 0.05) is 31.1 Å². The predicted octanol–water partition coefficient (Wildman–Crippen LogP) is 4.17. The van der Waals surface area contributed by atoms with E-state index >= 15 is 0 Å². The van der Waals surface area contributed by atoms with Gasteiger partial charge >= 0.3 is 6.09 Å². The van der Waals surface area contributed by atoms with Crippen molar-refractivity contribution >= 4 is 23.6 Å². The Labute approximate surface area is 252 Å². The van der Waals surface area contributed by atoms with Gasteiger partial charge in [-0.05, 0) is 66.2 Å². The topological polar surface area (TPSA) is 119 Å². The van der Waals surface area contributed by atoms with E-state index in [1.165, 1.54) is 4.90 Å². The molecule has 0 N–H and O–H groups in total. The Kier molecular flexibility index (Phi) is 7.15. The second kappa shape index (κ2) is 10.6. The highest BCUT2D eigenvalue weighted by Gasteiger charge is 2.37. The number of hydrogen-bond donors (Lipinski definition) is 0. The summed E-state index contributed by atoms with van der Waals surface area (Å²) in [6.45, 7) is 14.2. The van der Waals surface area contributed by atoms with Gasteiger partial charge in [-0.2, -0.15) is 0 Å². The number of rotatable bonds is 5. The highest BCUT2D eigenvalue weighted by atomic mass is 16.6. The molecule has 3 aliphatic rings. The molecule has 3 aromatic heterocycles. The SMILES string of the molecule is C[C@@H]1COCCN1c1cc2c(c(CN(C)C(=O)OC(C)(C)C)n1)CN(c1cccc(-c3nnc4n3C(C)(C)CC4)n1)C2=O. The Hall–Kier alpha value is -4.06. The van der Waals surface area contributed by atoms with Crippen LogP contribution in [-0.2, 0) is 34.5 Å². The summed E-state index contributed by atoms with van der Waals surface area (Å²) in [5.74, 6) is 2.72. The summed E-state index contributed by atoms with van der Waals surface area (Å²) in [5, 5.41) is 8.87. The van der Waals surface area contributed by atoms with E-state index in [2.05, 4.69) is 40.4 Å². The minimum absolute atomic E-state index is 0.0934. The zero-order valence-corrected chi connectivity index (χ0v) is 26.0. The average Bonchev–Trinajstić information content (AvgIpc) is 3.62. The zero-order chi connectivity index (χ0) is 30.7.